The van der Waals surface area contributed by atoms with Crippen molar-refractivity contribution in [1.29, 1.82) is 0 Å². The van der Waals surface area contributed by atoms with Crippen molar-refractivity contribution in [3.8, 4) is 0 Å². The molecule has 0 fully saturated rings. The van der Waals surface area contributed by atoms with E-state index < -0.39 is 0 Å². The second-order valence-electron chi connectivity index (χ2n) is 5.83. The summed E-state index contributed by atoms with van der Waals surface area (Å²) in [5.41, 5.74) is 1.05. The predicted molar refractivity (Wildman–Crippen MR) is 104 cm³/mol. The molecule has 0 heterocycles. The van der Waals surface area contributed by atoms with Gasteiger partial charge < -0.3 is 15.1 Å². The second-order valence-corrected chi connectivity index (χ2v) is 7.00. The Hall–Kier alpha value is -1.95. The molecule has 5 nitrogen and oxygen atoms in total. The Morgan fingerprint density at radius 2 is 1.92 bits per heavy atom. The Balaban J connectivity index is 2.55. The third-order valence-corrected chi connectivity index (χ3v) is 4.14. The third-order valence-electron chi connectivity index (χ3n) is 3.13. The zero-order valence-electron chi connectivity index (χ0n) is 15.1. The van der Waals surface area contributed by atoms with Gasteiger partial charge in [0.15, 0.2) is 5.96 Å². The van der Waals surface area contributed by atoms with Crippen LogP contribution in [0.1, 0.15) is 6.92 Å². The fourth-order valence-electron chi connectivity index (χ4n) is 1.92. The van der Waals surface area contributed by atoms with Crippen LogP contribution in [0.2, 0.25) is 0 Å². The number of amides is 1. The van der Waals surface area contributed by atoms with Crippen molar-refractivity contribution in [2.24, 2.45) is 4.99 Å². The van der Waals surface area contributed by atoms with Gasteiger partial charge in [-0.25, -0.2) is 4.99 Å². The van der Waals surface area contributed by atoms with Crippen LogP contribution in [0.4, 0.5) is 0 Å². The van der Waals surface area contributed by atoms with E-state index in [1.165, 1.54) is 4.90 Å². The molecule has 132 valence electrons. The zero-order chi connectivity index (χ0) is 17.9. The van der Waals surface area contributed by atoms with Crippen molar-refractivity contribution < 1.29 is 4.79 Å². The maximum atomic E-state index is 11.8. The Bertz CT molecular complexity index is 557. The molecule has 0 aliphatic heterocycles. The summed E-state index contributed by atoms with van der Waals surface area (Å²) in [4.78, 5) is 21.0. The van der Waals surface area contributed by atoms with Crippen LogP contribution in [-0.2, 0) is 4.79 Å². The normalized spacial score (nSPS) is 11.1. The maximum Gasteiger partial charge on any atom is 0.243 e. The minimum absolute atomic E-state index is 0.0170. The van der Waals surface area contributed by atoms with E-state index in [-0.39, 0.29) is 12.5 Å². The van der Waals surface area contributed by atoms with Gasteiger partial charge in [-0.2, -0.15) is 0 Å². The number of hydrogen-bond acceptors (Lipinski definition) is 3. The lowest BCUT2D eigenvalue weighted by atomic mass is 10.3. The summed E-state index contributed by atoms with van der Waals surface area (Å²) in [6.45, 7) is 7.53. The van der Waals surface area contributed by atoms with Gasteiger partial charge in [0.2, 0.25) is 5.91 Å². The number of thioether (sulfide) groups is 1. The molecular formula is C18H28N4OS. The van der Waals surface area contributed by atoms with Crippen LogP contribution in [0.25, 0.3) is 0 Å². The summed E-state index contributed by atoms with van der Waals surface area (Å²) in [6.07, 6.45) is 0. The molecule has 0 saturated heterocycles. The molecule has 1 N–H and O–H groups in total. The van der Waals surface area contributed by atoms with Gasteiger partial charge in [-0.15, -0.1) is 11.8 Å². The molecule has 1 amide bonds. The molecule has 0 aliphatic carbocycles. The first kappa shape index (κ1) is 20.1. The smallest absolute Gasteiger partial charge is 0.243 e. The molecule has 0 spiro atoms. The van der Waals surface area contributed by atoms with E-state index in [0.29, 0.717) is 6.54 Å². The highest BCUT2D eigenvalue weighted by Gasteiger charge is 2.09. The molecule has 24 heavy (non-hydrogen) atoms. The van der Waals surface area contributed by atoms with Crippen molar-refractivity contribution in [3.63, 3.8) is 0 Å². The third kappa shape index (κ3) is 8.06. The summed E-state index contributed by atoms with van der Waals surface area (Å²) >= 11 is 1.79. The summed E-state index contributed by atoms with van der Waals surface area (Å²) in [6, 6.07) is 10.3. The van der Waals surface area contributed by atoms with Crippen LogP contribution in [0.5, 0.6) is 0 Å². The number of aliphatic imine (C=N–C) groups is 1. The number of nitrogens with one attached hydrogen (secondary N) is 1. The number of hydrogen-bond donors (Lipinski definition) is 1. The van der Waals surface area contributed by atoms with Crippen LogP contribution >= 0.6 is 11.8 Å². The number of guanidine groups is 1. The van der Waals surface area contributed by atoms with Crippen LogP contribution in [0.15, 0.2) is 52.4 Å². The Labute approximate surface area is 149 Å². The van der Waals surface area contributed by atoms with Gasteiger partial charge in [-0.3, -0.25) is 4.79 Å². The second kappa shape index (κ2) is 10.8. The topological polar surface area (TPSA) is 47.9 Å². The Morgan fingerprint density at radius 1 is 1.25 bits per heavy atom. The van der Waals surface area contributed by atoms with Crippen molar-refractivity contribution in [1.82, 2.24) is 15.1 Å². The molecule has 0 aliphatic rings. The van der Waals surface area contributed by atoms with E-state index in [2.05, 4.69) is 29.0 Å². The van der Waals surface area contributed by atoms with Crippen molar-refractivity contribution >= 4 is 23.6 Å². The summed E-state index contributed by atoms with van der Waals surface area (Å²) in [5.74, 6) is 1.63. The highest BCUT2D eigenvalue weighted by molar-refractivity contribution is 7.99. The largest absolute Gasteiger partial charge is 0.355 e. The quantitative estimate of drug-likeness (QED) is 0.257. The minimum atomic E-state index is -0.0170. The van der Waals surface area contributed by atoms with Crippen molar-refractivity contribution in [2.75, 3.05) is 46.5 Å². The predicted octanol–water partition coefficient (Wildman–Crippen LogP) is 2.32. The number of nitrogens with zero attached hydrogens (tertiary/aromatic N) is 3. The molecule has 1 rings (SSSR count). The van der Waals surface area contributed by atoms with Gasteiger partial charge in [0.05, 0.1) is 0 Å². The molecule has 1 aromatic carbocycles. The minimum Gasteiger partial charge on any atom is -0.355 e. The van der Waals surface area contributed by atoms with E-state index in [4.69, 9.17) is 0 Å². The molecule has 0 bridgehead atoms. The van der Waals surface area contributed by atoms with Gasteiger partial charge in [0.1, 0.15) is 6.54 Å². The molecule has 0 aromatic heterocycles. The van der Waals surface area contributed by atoms with Crippen molar-refractivity contribution in [2.45, 2.75) is 11.8 Å². The van der Waals surface area contributed by atoms with E-state index in [1.807, 2.05) is 37.1 Å². The van der Waals surface area contributed by atoms with Crippen molar-refractivity contribution in [3.05, 3.63) is 42.5 Å². The highest BCUT2D eigenvalue weighted by Crippen LogP contribution is 2.15. The Morgan fingerprint density at radius 3 is 2.50 bits per heavy atom. The first-order chi connectivity index (χ1) is 11.4. The fourth-order valence-corrected chi connectivity index (χ4v) is 2.71. The summed E-state index contributed by atoms with van der Waals surface area (Å²) < 4.78 is 0. The Kier molecular flexibility index (Phi) is 9.01. The number of benzene rings is 1. The lowest BCUT2D eigenvalue weighted by molar-refractivity contribution is -0.127. The van der Waals surface area contributed by atoms with Crippen LogP contribution in [0.3, 0.4) is 0 Å². The molecule has 0 unspecified atom stereocenters. The van der Waals surface area contributed by atoms with Crippen LogP contribution in [0, 0.1) is 0 Å². The van der Waals surface area contributed by atoms with E-state index in [9.17, 15) is 4.79 Å². The zero-order valence-corrected chi connectivity index (χ0v) is 15.9. The van der Waals surface area contributed by atoms with E-state index >= 15 is 0 Å². The fraction of sp³-hybridized carbons (Fsp3) is 0.444. The number of carbonyl (C=O) groups excluding carboxylic acids is 1. The molecule has 6 heteroatoms. The van der Waals surface area contributed by atoms with Gasteiger partial charge in [0, 0.05) is 44.9 Å². The monoisotopic (exact) mass is 348 g/mol. The maximum absolute atomic E-state index is 11.8. The van der Waals surface area contributed by atoms with E-state index in [0.717, 1.165) is 23.8 Å². The van der Waals surface area contributed by atoms with Crippen LogP contribution in [-0.4, -0.2) is 68.2 Å². The molecular weight excluding hydrogens is 320 g/mol. The average molecular weight is 349 g/mol. The number of likely N-dealkylation sites (N-methyl/N-ethyl adjacent to an activating group) is 2. The summed E-state index contributed by atoms with van der Waals surface area (Å²) in [5, 5.41) is 3.33. The molecule has 0 atom stereocenters. The van der Waals surface area contributed by atoms with Gasteiger partial charge in [-0.05, 0) is 19.1 Å². The lowest BCUT2D eigenvalue weighted by Crippen LogP contribution is -2.41. The highest BCUT2D eigenvalue weighted by atomic mass is 32.2. The standard InChI is InChI=1S/C18H28N4OS/c1-15(2)14-22(5)18(20-13-17(23)21(3)4)19-11-12-24-16-9-7-6-8-10-16/h6-10H,1,11-14H2,2-5H3,(H,19,20). The van der Waals surface area contributed by atoms with Gasteiger partial charge >= 0.3 is 0 Å². The van der Waals surface area contributed by atoms with Crippen LogP contribution < -0.4 is 5.32 Å². The average Bonchev–Trinajstić information content (AvgIpc) is 2.53. The van der Waals surface area contributed by atoms with Gasteiger partial charge in [0.25, 0.3) is 0 Å². The van der Waals surface area contributed by atoms with E-state index in [1.54, 1.807) is 30.8 Å². The summed E-state index contributed by atoms with van der Waals surface area (Å²) in [7, 11) is 5.42. The SMILES string of the molecule is C=C(C)CN(C)C(=NCC(=O)N(C)C)NCCSc1ccccc1. The molecule has 0 saturated carbocycles. The number of rotatable bonds is 8. The first-order valence-corrected chi connectivity index (χ1v) is 8.90. The molecule has 1 aromatic rings. The number of carbonyl (C=O) groups is 1. The lowest BCUT2D eigenvalue weighted by Gasteiger charge is -2.22. The molecule has 0 radical (unpaired) electrons. The first-order valence-electron chi connectivity index (χ1n) is 7.92. The van der Waals surface area contributed by atoms with Gasteiger partial charge in [-0.1, -0.05) is 30.4 Å².